The molecule has 0 bridgehead atoms. The molecule has 1 rings (SSSR count). The van der Waals surface area contributed by atoms with Crippen molar-refractivity contribution in [2.24, 2.45) is 0 Å². The minimum absolute atomic E-state index is 0.297. The summed E-state index contributed by atoms with van der Waals surface area (Å²) in [7, 11) is 0. The van der Waals surface area contributed by atoms with Gasteiger partial charge in [-0.05, 0) is 52.3 Å². The van der Waals surface area contributed by atoms with Gasteiger partial charge in [-0.2, -0.15) is 0 Å². The minimum Gasteiger partial charge on any atom is -0.396 e. The van der Waals surface area contributed by atoms with E-state index in [1.165, 1.54) is 9.35 Å². The fraction of sp³-hybridized carbons (Fsp3) is 0.556. The monoisotopic (exact) mass is 263 g/mol. The van der Waals surface area contributed by atoms with E-state index in [0.29, 0.717) is 6.61 Å². The van der Waals surface area contributed by atoms with Crippen molar-refractivity contribution in [2.75, 3.05) is 13.2 Å². The minimum atomic E-state index is 0.297. The van der Waals surface area contributed by atoms with E-state index < -0.39 is 0 Å². The molecule has 13 heavy (non-hydrogen) atoms. The molecule has 0 aliphatic carbocycles. The van der Waals surface area contributed by atoms with Crippen LogP contribution in [0.15, 0.2) is 15.2 Å². The Morgan fingerprint density at radius 3 is 2.92 bits per heavy atom. The van der Waals surface area contributed by atoms with Crippen LogP contribution in [0.2, 0.25) is 0 Å². The number of aliphatic hydroxyl groups excluding tert-OH is 1. The summed E-state index contributed by atoms with van der Waals surface area (Å²) < 4.78 is 1.18. The lowest BCUT2D eigenvalue weighted by atomic mass is 10.3. The standard InChI is InChI=1S/C9H14BrNOS/c10-9-5-8(7-13-9)6-11-3-1-2-4-12/h5,7,11-12H,1-4,6H2. The first-order chi connectivity index (χ1) is 6.33. The van der Waals surface area contributed by atoms with Crippen LogP contribution < -0.4 is 5.32 Å². The average Bonchev–Trinajstić information content (AvgIpc) is 2.51. The molecule has 4 heteroatoms. The summed E-state index contributed by atoms with van der Waals surface area (Å²) in [6, 6.07) is 2.13. The summed E-state index contributed by atoms with van der Waals surface area (Å²) in [5.41, 5.74) is 1.32. The van der Waals surface area contributed by atoms with Gasteiger partial charge >= 0.3 is 0 Å². The zero-order chi connectivity index (χ0) is 9.52. The van der Waals surface area contributed by atoms with E-state index in [1.807, 2.05) is 0 Å². The number of rotatable bonds is 6. The molecule has 1 heterocycles. The Labute approximate surface area is 91.1 Å². The van der Waals surface area contributed by atoms with Crippen molar-refractivity contribution in [2.45, 2.75) is 19.4 Å². The maximum Gasteiger partial charge on any atom is 0.0701 e. The zero-order valence-electron chi connectivity index (χ0n) is 7.42. The first-order valence-corrected chi connectivity index (χ1v) is 6.04. The van der Waals surface area contributed by atoms with E-state index in [9.17, 15) is 0 Å². The second-order valence-electron chi connectivity index (χ2n) is 2.87. The van der Waals surface area contributed by atoms with E-state index in [4.69, 9.17) is 5.11 Å². The predicted molar refractivity (Wildman–Crippen MR) is 60.0 cm³/mol. The molecule has 0 saturated heterocycles. The number of thiophene rings is 1. The van der Waals surface area contributed by atoms with Crippen molar-refractivity contribution in [3.8, 4) is 0 Å². The summed E-state index contributed by atoms with van der Waals surface area (Å²) in [6.07, 6.45) is 1.93. The lowest BCUT2D eigenvalue weighted by molar-refractivity contribution is 0.283. The van der Waals surface area contributed by atoms with E-state index in [0.717, 1.165) is 25.9 Å². The number of aliphatic hydroxyl groups is 1. The molecule has 0 spiro atoms. The fourth-order valence-electron chi connectivity index (χ4n) is 1.03. The molecular formula is C9H14BrNOS. The average molecular weight is 264 g/mol. The van der Waals surface area contributed by atoms with Gasteiger partial charge in [0.2, 0.25) is 0 Å². The van der Waals surface area contributed by atoms with Gasteiger partial charge in [-0.1, -0.05) is 0 Å². The Morgan fingerprint density at radius 2 is 2.31 bits per heavy atom. The Kier molecular flexibility index (Phi) is 5.62. The van der Waals surface area contributed by atoms with Crippen molar-refractivity contribution in [3.05, 3.63) is 20.8 Å². The number of hydrogen-bond donors (Lipinski definition) is 2. The fourth-order valence-corrected chi connectivity index (χ4v) is 2.24. The Balaban J connectivity index is 2.06. The van der Waals surface area contributed by atoms with Crippen LogP contribution in [0.1, 0.15) is 18.4 Å². The smallest absolute Gasteiger partial charge is 0.0701 e. The molecule has 2 N–H and O–H groups in total. The van der Waals surface area contributed by atoms with Gasteiger partial charge in [0, 0.05) is 13.2 Å². The number of halogens is 1. The molecule has 74 valence electrons. The quantitative estimate of drug-likeness (QED) is 0.773. The molecular weight excluding hydrogens is 250 g/mol. The van der Waals surface area contributed by atoms with Crippen molar-refractivity contribution < 1.29 is 5.11 Å². The number of hydrogen-bond acceptors (Lipinski definition) is 3. The molecule has 0 aromatic carbocycles. The second kappa shape index (κ2) is 6.54. The maximum atomic E-state index is 8.55. The summed E-state index contributed by atoms with van der Waals surface area (Å²) >= 11 is 5.13. The Bertz CT molecular complexity index is 239. The zero-order valence-corrected chi connectivity index (χ0v) is 9.83. The highest BCUT2D eigenvalue weighted by atomic mass is 79.9. The van der Waals surface area contributed by atoms with Gasteiger partial charge in [-0.25, -0.2) is 0 Å². The van der Waals surface area contributed by atoms with Gasteiger partial charge in [-0.15, -0.1) is 11.3 Å². The van der Waals surface area contributed by atoms with Gasteiger partial charge < -0.3 is 10.4 Å². The predicted octanol–water partition coefficient (Wildman–Crippen LogP) is 2.37. The molecule has 0 unspecified atom stereocenters. The van der Waals surface area contributed by atoms with Crippen molar-refractivity contribution in [1.82, 2.24) is 5.32 Å². The summed E-state index contributed by atoms with van der Waals surface area (Å²) in [6.45, 7) is 2.20. The molecule has 2 nitrogen and oxygen atoms in total. The summed E-state index contributed by atoms with van der Waals surface area (Å²) in [5.74, 6) is 0. The van der Waals surface area contributed by atoms with Crippen LogP contribution in [0.5, 0.6) is 0 Å². The lowest BCUT2D eigenvalue weighted by Crippen LogP contribution is -2.14. The normalized spacial score (nSPS) is 10.6. The highest BCUT2D eigenvalue weighted by molar-refractivity contribution is 9.11. The van der Waals surface area contributed by atoms with Gasteiger partial charge in [-0.3, -0.25) is 0 Å². The summed E-state index contributed by atoms with van der Waals surface area (Å²) in [4.78, 5) is 0. The van der Waals surface area contributed by atoms with Gasteiger partial charge in [0.15, 0.2) is 0 Å². The highest BCUT2D eigenvalue weighted by Crippen LogP contribution is 2.20. The van der Waals surface area contributed by atoms with Crippen LogP contribution in [0.3, 0.4) is 0 Å². The van der Waals surface area contributed by atoms with Gasteiger partial charge in [0.05, 0.1) is 3.79 Å². The van der Waals surface area contributed by atoms with Crippen molar-refractivity contribution >= 4 is 27.3 Å². The molecule has 0 amide bonds. The first-order valence-electron chi connectivity index (χ1n) is 4.37. The van der Waals surface area contributed by atoms with Gasteiger partial charge in [0.25, 0.3) is 0 Å². The van der Waals surface area contributed by atoms with Crippen LogP contribution >= 0.6 is 27.3 Å². The molecule has 0 fully saturated rings. The maximum absolute atomic E-state index is 8.55. The topological polar surface area (TPSA) is 32.3 Å². The van der Waals surface area contributed by atoms with Crippen LogP contribution in [-0.2, 0) is 6.54 Å². The molecule has 0 atom stereocenters. The molecule has 1 aromatic heterocycles. The summed E-state index contributed by atoms with van der Waals surface area (Å²) in [5, 5.41) is 14.0. The largest absolute Gasteiger partial charge is 0.396 e. The van der Waals surface area contributed by atoms with Crippen LogP contribution in [0, 0.1) is 0 Å². The van der Waals surface area contributed by atoms with Crippen LogP contribution in [-0.4, -0.2) is 18.3 Å². The lowest BCUT2D eigenvalue weighted by Gasteiger charge is -2.01. The third-order valence-corrected chi connectivity index (χ3v) is 3.27. The van der Waals surface area contributed by atoms with Gasteiger partial charge in [0.1, 0.15) is 0 Å². The van der Waals surface area contributed by atoms with Crippen molar-refractivity contribution in [3.63, 3.8) is 0 Å². The SMILES string of the molecule is OCCCCNCc1csc(Br)c1. The van der Waals surface area contributed by atoms with E-state index >= 15 is 0 Å². The van der Waals surface area contributed by atoms with E-state index in [-0.39, 0.29) is 0 Å². The molecule has 0 saturated carbocycles. The van der Waals surface area contributed by atoms with E-state index in [2.05, 4.69) is 32.7 Å². The van der Waals surface area contributed by atoms with Crippen LogP contribution in [0.4, 0.5) is 0 Å². The second-order valence-corrected chi connectivity index (χ2v) is 5.16. The third-order valence-electron chi connectivity index (χ3n) is 1.71. The third kappa shape index (κ3) is 4.76. The molecule has 0 aliphatic heterocycles. The van der Waals surface area contributed by atoms with Crippen LogP contribution in [0.25, 0.3) is 0 Å². The molecule has 0 radical (unpaired) electrons. The number of nitrogens with one attached hydrogen (secondary N) is 1. The number of unbranched alkanes of at least 4 members (excludes halogenated alkanes) is 1. The van der Waals surface area contributed by atoms with Crippen molar-refractivity contribution in [1.29, 1.82) is 0 Å². The Morgan fingerprint density at radius 1 is 1.46 bits per heavy atom. The Hall–Kier alpha value is 0.100. The molecule has 0 aliphatic rings. The first kappa shape index (κ1) is 11.2. The molecule has 1 aromatic rings. The highest BCUT2D eigenvalue weighted by Gasteiger charge is 1.95. The van der Waals surface area contributed by atoms with E-state index in [1.54, 1.807) is 11.3 Å².